The van der Waals surface area contributed by atoms with Gasteiger partial charge < -0.3 is 10.6 Å². The Morgan fingerprint density at radius 2 is 1.70 bits per heavy atom. The Morgan fingerprint density at radius 1 is 1.15 bits per heavy atom. The van der Waals surface area contributed by atoms with Gasteiger partial charge in [-0.3, -0.25) is 14.5 Å². The summed E-state index contributed by atoms with van der Waals surface area (Å²) in [5.74, 6) is 2.27. The lowest BCUT2D eigenvalue weighted by atomic mass is 9.48. The molecule has 1 heterocycles. The molecule has 27 heavy (non-hydrogen) atoms. The highest BCUT2D eigenvalue weighted by Gasteiger charge is 2.57. The molecule has 1 saturated heterocycles. The summed E-state index contributed by atoms with van der Waals surface area (Å²) in [5.41, 5.74) is -0.590. The van der Waals surface area contributed by atoms with Gasteiger partial charge in [-0.05, 0) is 94.3 Å². The lowest BCUT2D eigenvalue weighted by Crippen LogP contribution is -2.57. The Balaban J connectivity index is 1.23. The molecule has 0 spiro atoms. The maximum Gasteiger partial charge on any atom is 0.325 e. The van der Waals surface area contributed by atoms with Crippen LogP contribution in [0.5, 0.6) is 0 Å². The molecular formula is C21H31N3O3. The van der Waals surface area contributed by atoms with Crippen LogP contribution in [0.4, 0.5) is 4.79 Å². The molecule has 6 nitrogen and oxygen atoms in total. The highest BCUT2D eigenvalue weighted by molar-refractivity contribution is 6.09. The van der Waals surface area contributed by atoms with Crippen molar-refractivity contribution in [1.29, 1.82) is 0 Å². The predicted octanol–water partition coefficient (Wildman–Crippen LogP) is 2.43. The quantitative estimate of drug-likeness (QED) is 0.727. The third kappa shape index (κ3) is 2.70. The van der Waals surface area contributed by atoms with E-state index in [1.807, 2.05) is 0 Å². The first-order chi connectivity index (χ1) is 12.8. The van der Waals surface area contributed by atoms with Crippen LogP contribution in [0.25, 0.3) is 0 Å². The number of carbonyl (C=O) groups excluding carboxylic acids is 3. The average Bonchev–Trinajstić information content (AvgIpc) is 3.40. The van der Waals surface area contributed by atoms with Crippen LogP contribution >= 0.6 is 0 Å². The summed E-state index contributed by atoms with van der Waals surface area (Å²) in [6.45, 7) is 3.76. The van der Waals surface area contributed by atoms with Gasteiger partial charge >= 0.3 is 6.03 Å². The Morgan fingerprint density at radius 3 is 2.22 bits per heavy atom. The van der Waals surface area contributed by atoms with E-state index >= 15 is 0 Å². The number of carbonyl (C=O) groups is 3. The second-order valence-electron chi connectivity index (χ2n) is 10.4. The number of hydrogen-bond acceptors (Lipinski definition) is 3. The molecule has 0 aromatic heterocycles. The van der Waals surface area contributed by atoms with Gasteiger partial charge in [-0.1, -0.05) is 0 Å². The summed E-state index contributed by atoms with van der Waals surface area (Å²) in [6.07, 6.45) is 9.74. The maximum absolute atomic E-state index is 12.7. The molecular weight excluding hydrogens is 342 g/mol. The number of hydrogen-bond donors (Lipinski definition) is 2. The molecule has 6 rings (SSSR count). The third-order valence-electron chi connectivity index (χ3n) is 8.38. The van der Waals surface area contributed by atoms with Crippen molar-refractivity contribution in [2.75, 3.05) is 6.54 Å². The molecule has 0 aromatic carbocycles. The largest absolute Gasteiger partial charge is 0.352 e. The summed E-state index contributed by atoms with van der Waals surface area (Å²) in [7, 11) is 0. The van der Waals surface area contributed by atoms with Gasteiger partial charge in [0.2, 0.25) is 5.91 Å². The molecule has 1 aliphatic heterocycles. The van der Waals surface area contributed by atoms with Crippen molar-refractivity contribution in [2.45, 2.75) is 76.8 Å². The van der Waals surface area contributed by atoms with E-state index in [1.54, 1.807) is 6.92 Å². The summed E-state index contributed by atoms with van der Waals surface area (Å²) in [6, 6.07) is -0.319. The zero-order valence-corrected chi connectivity index (χ0v) is 16.4. The number of amides is 4. The summed E-state index contributed by atoms with van der Waals surface area (Å²) >= 11 is 0. The number of nitrogens with one attached hydrogen (secondary N) is 2. The fourth-order valence-electron chi connectivity index (χ4n) is 7.09. The van der Waals surface area contributed by atoms with Gasteiger partial charge in [0.25, 0.3) is 5.91 Å². The van der Waals surface area contributed by atoms with Gasteiger partial charge in [0, 0.05) is 6.04 Å². The molecule has 0 radical (unpaired) electrons. The van der Waals surface area contributed by atoms with E-state index in [0.29, 0.717) is 0 Å². The highest BCUT2D eigenvalue weighted by Crippen LogP contribution is 2.61. The van der Waals surface area contributed by atoms with E-state index in [4.69, 9.17) is 0 Å². The Kier molecular flexibility index (Phi) is 3.70. The fourth-order valence-corrected chi connectivity index (χ4v) is 7.09. The van der Waals surface area contributed by atoms with Crippen LogP contribution < -0.4 is 10.6 Å². The number of urea groups is 1. The van der Waals surface area contributed by atoms with Gasteiger partial charge in [-0.15, -0.1) is 0 Å². The topological polar surface area (TPSA) is 78.5 Å². The SMILES string of the molecule is C[C@H](NC(=O)CN1C(=O)N[C@@](C)(C2CC2)C1=O)C12CC3CC(CC(C3)C1)C2. The van der Waals surface area contributed by atoms with Crippen molar-refractivity contribution in [3.8, 4) is 0 Å². The van der Waals surface area contributed by atoms with Crippen molar-refractivity contribution in [3.63, 3.8) is 0 Å². The Labute approximate surface area is 160 Å². The zero-order valence-electron chi connectivity index (χ0n) is 16.4. The molecule has 4 amide bonds. The number of imide groups is 1. The lowest BCUT2D eigenvalue weighted by Gasteiger charge is -2.59. The summed E-state index contributed by atoms with van der Waals surface area (Å²) < 4.78 is 0. The minimum Gasteiger partial charge on any atom is -0.352 e. The first-order valence-electron chi connectivity index (χ1n) is 10.7. The van der Waals surface area contributed by atoms with Gasteiger partial charge in [0.05, 0.1) is 0 Å². The second kappa shape index (κ2) is 5.71. The summed E-state index contributed by atoms with van der Waals surface area (Å²) in [5, 5.41) is 5.98. The van der Waals surface area contributed by atoms with Crippen molar-refractivity contribution in [2.24, 2.45) is 29.1 Å². The van der Waals surface area contributed by atoms with E-state index in [1.165, 1.54) is 38.5 Å². The van der Waals surface area contributed by atoms with Crippen LogP contribution in [0.1, 0.15) is 65.2 Å². The molecule has 2 atom stereocenters. The van der Waals surface area contributed by atoms with Crippen molar-refractivity contribution in [3.05, 3.63) is 0 Å². The molecule has 5 saturated carbocycles. The van der Waals surface area contributed by atoms with Crippen LogP contribution in [0.3, 0.4) is 0 Å². The zero-order chi connectivity index (χ0) is 19.0. The Bertz CT molecular complexity index is 666. The second-order valence-corrected chi connectivity index (χ2v) is 10.4. The van der Waals surface area contributed by atoms with Crippen LogP contribution in [-0.2, 0) is 9.59 Å². The van der Waals surface area contributed by atoms with E-state index in [-0.39, 0.29) is 35.7 Å². The van der Waals surface area contributed by atoms with Gasteiger partial charge in [0.1, 0.15) is 12.1 Å². The number of nitrogens with zero attached hydrogens (tertiary/aromatic N) is 1. The van der Waals surface area contributed by atoms with Crippen LogP contribution in [0.15, 0.2) is 0 Å². The molecule has 5 aliphatic carbocycles. The molecule has 4 bridgehead atoms. The normalized spacial score (nSPS) is 43.8. The van der Waals surface area contributed by atoms with Gasteiger partial charge in [0.15, 0.2) is 0 Å². The van der Waals surface area contributed by atoms with Crippen molar-refractivity contribution in [1.82, 2.24) is 15.5 Å². The minimum absolute atomic E-state index is 0.106. The molecule has 6 aliphatic rings. The maximum atomic E-state index is 12.7. The molecule has 0 aromatic rings. The molecule has 2 N–H and O–H groups in total. The minimum atomic E-state index is -0.817. The Hall–Kier alpha value is -1.59. The van der Waals surface area contributed by atoms with E-state index in [2.05, 4.69) is 17.6 Å². The van der Waals surface area contributed by atoms with Crippen molar-refractivity contribution < 1.29 is 14.4 Å². The smallest absolute Gasteiger partial charge is 0.325 e. The first kappa shape index (κ1) is 17.5. The third-order valence-corrected chi connectivity index (χ3v) is 8.38. The average molecular weight is 373 g/mol. The molecule has 6 fully saturated rings. The highest BCUT2D eigenvalue weighted by atomic mass is 16.2. The summed E-state index contributed by atoms with van der Waals surface area (Å²) in [4.78, 5) is 38.8. The van der Waals surface area contributed by atoms with Crippen LogP contribution in [-0.4, -0.2) is 40.9 Å². The van der Waals surface area contributed by atoms with Gasteiger partial charge in [-0.25, -0.2) is 4.79 Å². The monoisotopic (exact) mass is 373 g/mol. The first-order valence-corrected chi connectivity index (χ1v) is 10.7. The van der Waals surface area contributed by atoms with Crippen LogP contribution in [0.2, 0.25) is 0 Å². The van der Waals surface area contributed by atoms with Crippen LogP contribution in [0, 0.1) is 29.1 Å². The molecule has 148 valence electrons. The molecule has 6 heteroatoms. The van der Waals surface area contributed by atoms with E-state index < -0.39 is 11.6 Å². The predicted molar refractivity (Wildman–Crippen MR) is 99.6 cm³/mol. The van der Waals surface area contributed by atoms with Gasteiger partial charge in [-0.2, -0.15) is 0 Å². The van der Waals surface area contributed by atoms with E-state index in [9.17, 15) is 14.4 Å². The fraction of sp³-hybridized carbons (Fsp3) is 0.857. The molecule has 0 unspecified atom stereocenters. The lowest BCUT2D eigenvalue weighted by molar-refractivity contribution is -0.136. The van der Waals surface area contributed by atoms with E-state index in [0.717, 1.165) is 35.5 Å². The number of rotatable bonds is 5. The standard InChI is InChI=1S/C21H31N3O3/c1-12(21-8-13-5-14(9-21)7-15(6-13)10-21)22-17(25)11-24-18(26)20(2,16-3-4-16)23-19(24)27/h12-16H,3-11H2,1-2H3,(H,22,25)(H,23,27)/t12-,13?,14?,15?,20-,21?/m0/s1. The van der Waals surface area contributed by atoms with Crippen molar-refractivity contribution >= 4 is 17.8 Å².